The maximum atomic E-state index is 4.30. The van der Waals surface area contributed by atoms with Gasteiger partial charge in [-0.15, -0.1) is 0 Å². The van der Waals surface area contributed by atoms with E-state index in [2.05, 4.69) is 194 Å². The fourth-order valence-electron chi connectivity index (χ4n) is 7.83. The molecular weight excluding hydrogens is 603 g/mol. The monoisotopic (exact) mass is 637 g/mol. The molecule has 1 heteroatoms. The van der Waals surface area contributed by atoms with Crippen LogP contribution in [0.4, 0.5) is 11.4 Å². The van der Waals surface area contributed by atoms with Gasteiger partial charge in [0.15, 0.2) is 0 Å². The predicted molar refractivity (Wildman–Crippen MR) is 216 cm³/mol. The van der Waals surface area contributed by atoms with Crippen molar-refractivity contribution >= 4 is 49.3 Å². The minimum atomic E-state index is 1.06. The van der Waals surface area contributed by atoms with Gasteiger partial charge >= 0.3 is 0 Å². The second kappa shape index (κ2) is 12.2. The van der Waals surface area contributed by atoms with E-state index in [1.54, 1.807) is 0 Å². The number of anilines is 2. The summed E-state index contributed by atoms with van der Waals surface area (Å²) in [6, 6.07) is 59.7. The van der Waals surface area contributed by atoms with E-state index in [1.165, 1.54) is 71.3 Å². The van der Waals surface area contributed by atoms with Crippen molar-refractivity contribution in [2.24, 2.45) is 0 Å². The summed E-state index contributed by atoms with van der Waals surface area (Å²) in [5.74, 6) is 0. The van der Waals surface area contributed by atoms with E-state index < -0.39 is 0 Å². The molecule has 1 nitrogen and oxygen atoms in total. The van der Waals surface area contributed by atoms with Crippen LogP contribution >= 0.6 is 0 Å². The van der Waals surface area contributed by atoms with Crippen LogP contribution in [0.2, 0.25) is 0 Å². The summed E-state index contributed by atoms with van der Waals surface area (Å²) in [6.45, 7) is 6.38. The summed E-state index contributed by atoms with van der Waals surface area (Å²) >= 11 is 0. The van der Waals surface area contributed by atoms with Crippen LogP contribution in [0.3, 0.4) is 0 Å². The number of nitrogens with zero attached hydrogens (tertiary/aromatic N) is 1. The van der Waals surface area contributed by atoms with Gasteiger partial charge in [0.2, 0.25) is 0 Å². The molecule has 0 unspecified atom stereocenters. The predicted octanol–water partition coefficient (Wildman–Crippen LogP) is 13.8. The lowest BCUT2D eigenvalue weighted by Crippen LogP contribution is -2.16. The zero-order valence-corrected chi connectivity index (χ0v) is 28.0. The molecule has 0 radical (unpaired) electrons. The van der Waals surface area contributed by atoms with Gasteiger partial charge in [0.1, 0.15) is 0 Å². The molecular formula is C49H35N. The third-order valence-corrected chi connectivity index (χ3v) is 10.1. The van der Waals surface area contributed by atoms with Crippen molar-refractivity contribution in [3.05, 3.63) is 200 Å². The molecule has 236 valence electrons. The normalized spacial score (nSPS) is 12.8. The molecule has 1 aliphatic rings. The summed E-state index contributed by atoms with van der Waals surface area (Å²) in [7, 11) is 0. The number of hydrogen-bond donors (Lipinski definition) is 0. The Hall–Kier alpha value is -6.44. The number of fused-ring (bicyclic) bond motifs is 9. The second-order valence-corrected chi connectivity index (χ2v) is 12.9. The fraction of sp³-hybridized carbons (Fsp3) is 0.0204. The molecule has 0 fully saturated rings. The lowest BCUT2D eigenvalue weighted by atomic mass is 9.90. The van der Waals surface area contributed by atoms with Crippen LogP contribution in [-0.2, 0) is 0 Å². The van der Waals surface area contributed by atoms with Crippen LogP contribution in [-0.4, -0.2) is 0 Å². The third-order valence-electron chi connectivity index (χ3n) is 10.1. The van der Waals surface area contributed by atoms with Gasteiger partial charge in [0, 0.05) is 16.8 Å². The largest absolute Gasteiger partial charge is 0.309 e. The summed E-state index contributed by atoms with van der Waals surface area (Å²) in [5.41, 5.74) is 12.8. The van der Waals surface area contributed by atoms with Gasteiger partial charge in [-0.1, -0.05) is 146 Å². The van der Waals surface area contributed by atoms with Crippen molar-refractivity contribution in [3.8, 4) is 33.4 Å². The van der Waals surface area contributed by atoms with Crippen LogP contribution in [0.25, 0.3) is 71.3 Å². The van der Waals surface area contributed by atoms with Crippen LogP contribution in [0, 0.1) is 0 Å². The average Bonchev–Trinajstić information content (AvgIpc) is 3.30. The maximum absolute atomic E-state index is 4.30. The van der Waals surface area contributed by atoms with Gasteiger partial charge < -0.3 is 4.90 Å². The van der Waals surface area contributed by atoms with Crippen molar-refractivity contribution in [1.82, 2.24) is 0 Å². The van der Waals surface area contributed by atoms with E-state index >= 15 is 0 Å². The van der Waals surface area contributed by atoms with Gasteiger partial charge in [-0.3, -0.25) is 0 Å². The quantitative estimate of drug-likeness (QED) is 0.170. The molecule has 0 aliphatic carbocycles. The van der Waals surface area contributed by atoms with E-state index in [1.807, 2.05) is 6.08 Å². The Morgan fingerprint density at radius 1 is 0.440 bits per heavy atom. The lowest BCUT2D eigenvalue weighted by Gasteiger charge is -2.28. The fourth-order valence-corrected chi connectivity index (χ4v) is 7.83. The lowest BCUT2D eigenvalue weighted by molar-refractivity contribution is 1.22. The SMILES string of the molecule is C=CC1=C(/C=C\C)c2ccccc2-c2cc(-c3cccc(-c4ccc5c6ccccc6c6ccccc6c5c4)c3)ccc2N1c1ccccc1. The highest BCUT2D eigenvalue weighted by atomic mass is 15.2. The molecule has 0 amide bonds. The van der Waals surface area contributed by atoms with Crippen molar-refractivity contribution in [2.45, 2.75) is 6.92 Å². The number of benzene rings is 8. The van der Waals surface area contributed by atoms with E-state index in [-0.39, 0.29) is 0 Å². The Morgan fingerprint density at radius 2 is 0.980 bits per heavy atom. The van der Waals surface area contributed by atoms with E-state index in [0.717, 1.165) is 22.6 Å². The van der Waals surface area contributed by atoms with Crippen LogP contribution in [0.1, 0.15) is 12.5 Å². The third kappa shape index (κ3) is 4.78. The molecule has 9 rings (SSSR count). The Kier molecular flexibility index (Phi) is 7.25. The minimum Gasteiger partial charge on any atom is -0.309 e. The van der Waals surface area contributed by atoms with E-state index in [9.17, 15) is 0 Å². The Morgan fingerprint density at radius 3 is 1.64 bits per heavy atom. The molecule has 0 bridgehead atoms. The molecule has 0 aromatic heterocycles. The molecule has 1 heterocycles. The van der Waals surface area contributed by atoms with Gasteiger partial charge in [-0.05, 0) is 115 Å². The summed E-state index contributed by atoms with van der Waals surface area (Å²) in [4.78, 5) is 2.35. The van der Waals surface area contributed by atoms with Gasteiger partial charge in [-0.25, -0.2) is 0 Å². The molecule has 50 heavy (non-hydrogen) atoms. The van der Waals surface area contributed by atoms with Gasteiger partial charge in [0.25, 0.3) is 0 Å². The first kappa shape index (κ1) is 29.7. The second-order valence-electron chi connectivity index (χ2n) is 12.9. The first-order valence-electron chi connectivity index (χ1n) is 17.3. The number of para-hydroxylation sites is 1. The summed E-state index contributed by atoms with van der Waals surface area (Å²) < 4.78 is 0. The zero-order chi connectivity index (χ0) is 33.6. The van der Waals surface area contributed by atoms with Crippen molar-refractivity contribution < 1.29 is 0 Å². The average molecular weight is 638 g/mol. The Bertz CT molecular complexity index is 2640. The topological polar surface area (TPSA) is 3.24 Å². The maximum Gasteiger partial charge on any atom is 0.0540 e. The Labute approximate surface area is 293 Å². The number of allylic oxidation sites excluding steroid dienone is 4. The first-order chi connectivity index (χ1) is 24.7. The van der Waals surface area contributed by atoms with Crippen molar-refractivity contribution in [1.29, 1.82) is 0 Å². The summed E-state index contributed by atoms with van der Waals surface area (Å²) in [5, 5.41) is 7.75. The van der Waals surface area contributed by atoms with Crippen molar-refractivity contribution in [3.63, 3.8) is 0 Å². The molecule has 8 aromatic carbocycles. The van der Waals surface area contributed by atoms with Crippen LogP contribution < -0.4 is 4.90 Å². The molecule has 0 atom stereocenters. The summed E-state index contributed by atoms with van der Waals surface area (Å²) in [6.07, 6.45) is 6.31. The highest BCUT2D eigenvalue weighted by molar-refractivity contribution is 6.25. The minimum absolute atomic E-state index is 1.06. The highest BCUT2D eigenvalue weighted by Crippen LogP contribution is 2.48. The van der Waals surface area contributed by atoms with Crippen LogP contribution in [0.15, 0.2) is 194 Å². The molecule has 8 aromatic rings. The van der Waals surface area contributed by atoms with E-state index in [0.29, 0.717) is 0 Å². The first-order valence-corrected chi connectivity index (χ1v) is 17.3. The molecule has 0 spiro atoms. The molecule has 0 N–H and O–H groups in total. The number of rotatable bonds is 5. The Balaban J connectivity index is 1.21. The van der Waals surface area contributed by atoms with Crippen molar-refractivity contribution in [2.75, 3.05) is 4.90 Å². The van der Waals surface area contributed by atoms with Gasteiger partial charge in [0.05, 0.1) is 11.4 Å². The van der Waals surface area contributed by atoms with E-state index in [4.69, 9.17) is 0 Å². The highest BCUT2D eigenvalue weighted by Gasteiger charge is 2.26. The van der Waals surface area contributed by atoms with Gasteiger partial charge in [-0.2, -0.15) is 0 Å². The van der Waals surface area contributed by atoms with Crippen LogP contribution in [0.5, 0.6) is 0 Å². The standard InChI is InChI=1S/C49H35N/c1-3-15-45-41-23-11-13-25-43(41)47-32-36(27-29-49(47)50(48(45)4-2)37-18-6-5-7-19-37)34-17-14-16-33(30-34)35-26-28-44-40-22-9-8-20-38(40)39-21-10-12-24-42(39)46(44)31-35/h3-32H,2H2,1H3/b15-3-. The molecule has 0 saturated carbocycles. The zero-order valence-electron chi connectivity index (χ0n) is 28.0. The number of hydrogen-bond acceptors (Lipinski definition) is 1. The molecule has 0 saturated heterocycles. The smallest absolute Gasteiger partial charge is 0.0540 e. The molecule has 1 aliphatic heterocycles.